The molecule has 1 aliphatic carbocycles. The maximum atomic E-state index is 11.9. The van der Waals surface area contributed by atoms with Crippen molar-refractivity contribution in [2.24, 2.45) is 5.92 Å². The highest BCUT2D eigenvalue weighted by atomic mass is 32.2. The average Bonchev–Trinajstić information content (AvgIpc) is 3.22. The van der Waals surface area contributed by atoms with Crippen molar-refractivity contribution in [1.82, 2.24) is 9.71 Å². The van der Waals surface area contributed by atoms with E-state index >= 15 is 0 Å². The van der Waals surface area contributed by atoms with E-state index in [1.54, 1.807) is 22.7 Å². The Balaban J connectivity index is 1.40. The predicted molar refractivity (Wildman–Crippen MR) is 119 cm³/mol. The van der Waals surface area contributed by atoms with E-state index in [-0.39, 0.29) is 11.8 Å². The highest BCUT2D eigenvalue weighted by Gasteiger charge is 2.29. The van der Waals surface area contributed by atoms with Crippen LogP contribution in [0.25, 0.3) is 21.1 Å². The number of rotatable bonds is 8. The Morgan fingerprint density at radius 2 is 1.93 bits per heavy atom. The van der Waals surface area contributed by atoms with Gasteiger partial charge in [-0.25, -0.2) is 18.1 Å². The Kier molecular flexibility index (Phi) is 5.82. The standard InChI is InChI=1S/C20H21N3O3S3/c1-29(25,26)21-11-10-16-8-9-18(28-16)17-12-27-20(23-17)14-4-6-15(7-5-14)22-19(24)13-2-3-13/h4-9,12-13,21H,2-3,10-11H2,1H3,(H,22,24). The lowest BCUT2D eigenvalue weighted by molar-refractivity contribution is -0.117. The SMILES string of the molecule is CS(=O)(=O)NCCc1ccc(-c2csc(-c3ccc(NC(=O)C4CC4)cc3)n2)s1. The van der Waals surface area contributed by atoms with Crippen LogP contribution < -0.4 is 10.0 Å². The van der Waals surface area contributed by atoms with E-state index in [4.69, 9.17) is 4.98 Å². The summed E-state index contributed by atoms with van der Waals surface area (Å²) in [5, 5.41) is 5.90. The lowest BCUT2D eigenvalue weighted by Crippen LogP contribution is -2.23. The van der Waals surface area contributed by atoms with Crippen molar-refractivity contribution in [2.45, 2.75) is 19.3 Å². The van der Waals surface area contributed by atoms with Gasteiger partial charge in [0.15, 0.2) is 0 Å². The van der Waals surface area contributed by atoms with Crippen LogP contribution in [0.15, 0.2) is 41.8 Å². The molecule has 2 aromatic heterocycles. The van der Waals surface area contributed by atoms with Crippen molar-refractivity contribution in [3.05, 3.63) is 46.7 Å². The zero-order valence-corrected chi connectivity index (χ0v) is 18.3. The summed E-state index contributed by atoms with van der Waals surface area (Å²) in [6.45, 7) is 0.394. The molecule has 6 nitrogen and oxygen atoms in total. The molecule has 1 aliphatic rings. The molecule has 1 aromatic carbocycles. The molecule has 2 heterocycles. The van der Waals surface area contributed by atoms with Crippen LogP contribution in [0.2, 0.25) is 0 Å². The van der Waals surface area contributed by atoms with Gasteiger partial charge in [-0.1, -0.05) is 0 Å². The number of benzene rings is 1. The Hall–Kier alpha value is -2.07. The molecule has 3 aromatic rings. The van der Waals surface area contributed by atoms with Gasteiger partial charge in [0.1, 0.15) is 5.01 Å². The van der Waals surface area contributed by atoms with Gasteiger partial charge in [-0.05, 0) is 55.7 Å². The predicted octanol–water partition coefficient (Wildman–Crippen LogP) is 3.98. The molecule has 4 rings (SSSR count). The summed E-state index contributed by atoms with van der Waals surface area (Å²) in [6, 6.07) is 11.8. The molecule has 0 radical (unpaired) electrons. The molecule has 0 saturated heterocycles. The van der Waals surface area contributed by atoms with Gasteiger partial charge in [-0.3, -0.25) is 4.79 Å². The van der Waals surface area contributed by atoms with Crippen LogP contribution in [0.1, 0.15) is 17.7 Å². The van der Waals surface area contributed by atoms with Gasteiger partial charge in [-0.15, -0.1) is 22.7 Å². The van der Waals surface area contributed by atoms with Gasteiger partial charge in [0.05, 0.1) is 16.8 Å². The van der Waals surface area contributed by atoms with Crippen LogP contribution in [-0.2, 0) is 21.2 Å². The second kappa shape index (κ2) is 8.35. The topological polar surface area (TPSA) is 88.2 Å². The summed E-state index contributed by atoms with van der Waals surface area (Å²) in [4.78, 5) is 18.8. The molecule has 0 atom stereocenters. The summed E-state index contributed by atoms with van der Waals surface area (Å²) in [6.07, 6.45) is 3.80. The molecule has 2 N–H and O–H groups in total. The van der Waals surface area contributed by atoms with Crippen LogP contribution in [0.3, 0.4) is 0 Å². The number of hydrogen-bond acceptors (Lipinski definition) is 6. The smallest absolute Gasteiger partial charge is 0.227 e. The van der Waals surface area contributed by atoms with Crippen LogP contribution in [0.4, 0.5) is 5.69 Å². The number of carbonyl (C=O) groups is 1. The zero-order chi connectivity index (χ0) is 20.4. The van der Waals surface area contributed by atoms with Crippen molar-refractivity contribution in [2.75, 3.05) is 18.1 Å². The first kappa shape index (κ1) is 20.2. The van der Waals surface area contributed by atoms with Crippen LogP contribution in [-0.4, -0.2) is 32.1 Å². The third kappa shape index (κ3) is 5.51. The Labute approximate surface area is 178 Å². The summed E-state index contributed by atoms with van der Waals surface area (Å²) in [5.41, 5.74) is 2.75. The molecule has 1 amide bonds. The van der Waals surface area contributed by atoms with Crippen molar-refractivity contribution < 1.29 is 13.2 Å². The fourth-order valence-electron chi connectivity index (χ4n) is 2.82. The van der Waals surface area contributed by atoms with Gasteiger partial charge < -0.3 is 5.32 Å². The zero-order valence-electron chi connectivity index (χ0n) is 15.8. The van der Waals surface area contributed by atoms with E-state index in [1.165, 1.54) is 0 Å². The number of sulfonamides is 1. The maximum absolute atomic E-state index is 11.9. The molecule has 152 valence electrons. The number of nitrogens with zero attached hydrogens (tertiary/aromatic N) is 1. The number of anilines is 1. The third-order valence-electron chi connectivity index (χ3n) is 4.50. The van der Waals surface area contributed by atoms with Gasteiger partial charge in [0.2, 0.25) is 15.9 Å². The minimum absolute atomic E-state index is 0.106. The number of aromatic nitrogens is 1. The van der Waals surface area contributed by atoms with E-state index in [1.807, 2.05) is 41.8 Å². The molecular weight excluding hydrogens is 426 g/mol. The summed E-state index contributed by atoms with van der Waals surface area (Å²) < 4.78 is 24.8. The summed E-state index contributed by atoms with van der Waals surface area (Å²) in [7, 11) is -3.16. The molecule has 0 spiro atoms. The molecule has 1 saturated carbocycles. The number of hydrogen-bond donors (Lipinski definition) is 2. The highest BCUT2D eigenvalue weighted by Crippen LogP contribution is 2.34. The van der Waals surface area contributed by atoms with E-state index in [2.05, 4.69) is 10.0 Å². The lowest BCUT2D eigenvalue weighted by atomic mass is 10.2. The van der Waals surface area contributed by atoms with E-state index < -0.39 is 10.0 Å². The molecule has 0 unspecified atom stereocenters. The molecule has 29 heavy (non-hydrogen) atoms. The van der Waals surface area contributed by atoms with Gasteiger partial charge in [0.25, 0.3) is 0 Å². The third-order valence-corrected chi connectivity index (χ3v) is 7.29. The first-order chi connectivity index (χ1) is 13.9. The van der Waals surface area contributed by atoms with Crippen molar-refractivity contribution in [3.8, 4) is 21.1 Å². The van der Waals surface area contributed by atoms with Crippen molar-refractivity contribution in [3.63, 3.8) is 0 Å². The number of nitrogens with one attached hydrogen (secondary N) is 2. The maximum Gasteiger partial charge on any atom is 0.227 e. The Morgan fingerprint density at radius 3 is 2.62 bits per heavy atom. The average molecular weight is 448 g/mol. The second-order valence-corrected chi connectivity index (χ2v) is 10.9. The van der Waals surface area contributed by atoms with Crippen LogP contribution in [0.5, 0.6) is 0 Å². The second-order valence-electron chi connectivity index (χ2n) is 7.06. The minimum atomic E-state index is -3.16. The number of amides is 1. The van der Waals surface area contributed by atoms with Gasteiger partial charge >= 0.3 is 0 Å². The number of thiophene rings is 1. The molecular formula is C20H21N3O3S3. The van der Waals surface area contributed by atoms with E-state index in [0.29, 0.717) is 13.0 Å². The first-order valence-electron chi connectivity index (χ1n) is 9.28. The number of carbonyl (C=O) groups excluding carboxylic acids is 1. The van der Waals surface area contributed by atoms with Crippen LogP contribution in [0, 0.1) is 5.92 Å². The lowest BCUT2D eigenvalue weighted by Gasteiger charge is -2.04. The minimum Gasteiger partial charge on any atom is -0.326 e. The van der Waals surface area contributed by atoms with E-state index in [9.17, 15) is 13.2 Å². The monoisotopic (exact) mass is 447 g/mol. The Morgan fingerprint density at radius 1 is 1.17 bits per heavy atom. The molecule has 0 bridgehead atoms. The normalized spacial score (nSPS) is 14.1. The molecule has 9 heteroatoms. The summed E-state index contributed by atoms with van der Waals surface area (Å²) >= 11 is 3.20. The van der Waals surface area contributed by atoms with Crippen LogP contribution >= 0.6 is 22.7 Å². The van der Waals surface area contributed by atoms with Gasteiger partial charge in [-0.2, -0.15) is 0 Å². The Bertz CT molecular complexity index is 1110. The summed E-state index contributed by atoms with van der Waals surface area (Å²) in [5.74, 6) is 0.295. The fourth-order valence-corrected chi connectivity index (χ4v) is 5.16. The van der Waals surface area contributed by atoms with Gasteiger partial charge in [0, 0.05) is 34.0 Å². The molecule has 1 fully saturated rings. The highest BCUT2D eigenvalue weighted by molar-refractivity contribution is 7.88. The van der Waals surface area contributed by atoms with Crippen molar-refractivity contribution >= 4 is 44.3 Å². The van der Waals surface area contributed by atoms with Crippen molar-refractivity contribution in [1.29, 1.82) is 0 Å². The largest absolute Gasteiger partial charge is 0.326 e. The quantitative estimate of drug-likeness (QED) is 0.547. The molecule has 0 aliphatic heterocycles. The fraction of sp³-hybridized carbons (Fsp3) is 0.300. The van der Waals surface area contributed by atoms with E-state index in [0.717, 1.165) is 50.8 Å². The first-order valence-corrected chi connectivity index (χ1v) is 12.9. The number of thiazole rings is 1.